The molecule has 0 heterocycles. The number of methoxy groups -OCH3 is 1. The number of carbonyl (C=O) groups excluding carboxylic acids is 1. The first-order valence-corrected chi connectivity index (χ1v) is 5.51. The Morgan fingerprint density at radius 1 is 1.67 bits per heavy atom. The van der Waals surface area contributed by atoms with E-state index < -0.39 is 5.97 Å². The van der Waals surface area contributed by atoms with E-state index >= 15 is 0 Å². The zero-order valence-electron chi connectivity index (χ0n) is 7.88. The predicted molar refractivity (Wildman–Crippen MR) is 60.1 cm³/mol. The van der Waals surface area contributed by atoms with E-state index in [0.717, 1.165) is 0 Å². The number of halogens is 2. The van der Waals surface area contributed by atoms with Crippen LogP contribution in [-0.4, -0.2) is 13.1 Å². The number of nitrogens with zero attached hydrogens (tertiary/aromatic N) is 1. The second kappa shape index (κ2) is 5.15. The van der Waals surface area contributed by atoms with Crippen LogP contribution in [0.2, 0.25) is 5.02 Å². The molecule has 1 aromatic carbocycles. The van der Waals surface area contributed by atoms with Crippen molar-refractivity contribution in [3.8, 4) is 6.07 Å². The average Bonchev–Trinajstić information content (AvgIpc) is 2.27. The average molecular weight is 289 g/mol. The van der Waals surface area contributed by atoms with Crippen LogP contribution in [0.25, 0.3) is 0 Å². The molecule has 0 aliphatic heterocycles. The van der Waals surface area contributed by atoms with Gasteiger partial charge in [-0.05, 0) is 11.6 Å². The smallest absolute Gasteiger partial charge is 0.339 e. The Morgan fingerprint density at radius 3 is 2.80 bits per heavy atom. The molecule has 78 valence electrons. The summed E-state index contributed by atoms with van der Waals surface area (Å²) in [5.74, 6) is -0.552. The lowest BCUT2D eigenvalue weighted by molar-refractivity contribution is 0.0599. The fourth-order valence-electron chi connectivity index (χ4n) is 1.18. The second-order valence-corrected chi connectivity index (χ2v) is 3.66. The molecule has 5 heteroatoms. The fourth-order valence-corrected chi connectivity index (χ4v) is 1.84. The SMILES string of the molecule is COC(=O)c1c(CBr)ccc(Cl)c1C#N. The number of hydrogen-bond donors (Lipinski definition) is 0. The molecule has 0 atom stereocenters. The van der Waals surface area contributed by atoms with Crippen LogP contribution in [0, 0.1) is 11.3 Å². The molecule has 0 aromatic heterocycles. The minimum Gasteiger partial charge on any atom is -0.465 e. The molecule has 1 rings (SSSR count). The van der Waals surface area contributed by atoms with Crippen molar-refractivity contribution in [2.45, 2.75) is 5.33 Å². The van der Waals surface area contributed by atoms with Crippen LogP contribution in [0.3, 0.4) is 0 Å². The molecule has 0 aliphatic rings. The third-order valence-electron chi connectivity index (χ3n) is 1.89. The molecular formula is C10H7BrClNO2. The number of rotatable bonds is 2. The van der Waals surface area contributed by atoms with Crippen molar-refractivity contribution >= 4 is 33.5 Å². The van der Waals surface area contributed by atoms with Crippen LogP contribution in [0.5, 0.6) is 0 Å². The molecule has 1 aromatic rings. The zero-order valence-corrected chi connectivity index (χ0v) is 10.2. The number of ether oxygens (including phenoxy) is 1. The Labute approximate surface area is 101 Å². The van der Waals surface area contributed by atoms with E-state index in [9.17, 15) is 4.79 Å². The van der Waals surface area contributed by atoms with E-state index in [4.69, 9.17) is 16.9 Å². The quantitative estimate of drug-likeness (QED) is 0.621. The highest BCUT2D eigenvalue weighted by Gasteiger charge is 2.18. The molecule has 3 nitrogen and oxygen atoms in total. The Balaban J connectivity index is 3.49. The van der Waals surface area contributed by atoms with Gasteiger partial charge in [-0.2, -0.15) is 5.26 Å². The Morgan fingerprint density at radius 2 is 2.33 bits per heavy atom. The first-order valence-electron chi connectivity index (χ1n) is 4.01. The Bertz CT molecular complexity index is 440. The first kappa shape index (κ1) is 12.0. The van der Waals surface area contributed by atoms with Crippen LogP contribution < -0.4 is 0 Å². The van der Waals surface area contributed by atoms with Crippen LogP contribution >= 0.6 is 27.5 Å². The monoisotopic (exact) mass is 287 g/mol. The van der Waals surface area contributed by atoms with Crippen LogP contribution in [0.1, 0.15) is 21.5 Å². The summed E-state index contributed by atoms with van der Waals surface area (Å²) in [6, 6.07) is 5.17. The highest BCUT2D eigenvalue weighted by Crippen LogP contribution is 2.25. The summed E-state index contributed by atoms with van der Waals surface area (Å²) in [6.45, 7) is 0. The summed E-state index contributed by atoms with van der Waals surface area (Å²) in [5, 5.41) is 9.62. The minimum absolute atomic E-state index is 0.153. The highest BCUT2D eigenvalue weighted by atomic mass is 79.9. The van der Waals surface area contributed by atoms with E-state index in [1.807, 2.05) is 6.07 Å². The van der Waals surface area contributed by atoms with E-state index in [1.54, 1.807) is 12.1 Å². The van der Waals surface area contributed by atoms with Gasteiger partial charge in [-0.3, -0.25) is 0 Å². The number of esters is 1. The van der Waals surface area contributed by atoms with Crippen molar-refractivity contribution in [2.24, 2.45) is 0 Å². The van der Waals surface area contributed by atoms with Gasteiger partial charge in [-0.25, -0.2) is 4.79 Å². The van der Waals surface area contributed by atoms with Crippen molar-refractivity contribution in [3.63, 3.8) is 0 Å². The first-order chi connectivity index (χ1) is 7.15. The molecule has 0 bridgehead atoms. The van der Waals surface area contributed by atoms with Crippen LogP contribution in [-0.2, 0) is 10.1 Å². The Hall–Kier alpha value is -1.05. The van der Waals surface area contributed by atoms with E-state index in [1.165, 1.54) is 7.11 Å². The van der Waals surface area contributed by atoms with Crippen LogP contribution in [0.4, 0.5) is 0 Å². The summed E-state index contributed by atoms with van der Waals surface area (Å²) >= 11 is 9.05. The molecule has 0 saturated carbocycles. The van der Waals surface area contributed by atoms with E-state index in [2.05, 4.69) is 20.7 Å². The maximum atomic E-state index is 11.5. The predicted octanol–water partition coefficient (Wildman–Crippen LogP) is 2.89. The third-order valence-corrected chi connectivity index (χ3v) is 2.81. The Kier molecular flexibility index (Phi) is 4.13. The molecule has 15 heavy (non-hydrogen) atoms. The maximum absolute atomic E-state index is 11.5. The summed E-state index contributed by atoms with van der Waals surface area (Å²) in [5.41, 5.74) is 1.06. The fraction of sp³-hybridized carbons (Fsp3) is 0.200. The normalized spacial score (nSPS) is 9.47. The standard InChI is InChI=1S/C10H7BrClNO2/c1-15-10(14)9-6(4-11)2-3-8(12)7(9)5-13/h2-3H,4H2,1H3. The van der Waals surface area contributed by atoms with Crippen molar-refractivity contribution in [1.82, 2.24) is 0 Å². The van der Waals surface area contributed by atoms with Crippen molar-refractivity contribution in [1.29, 1.82) is 5.26 Å². The summed E-state index contributed by atoms with van der Waals surface area (Å²) < 4.78 is 4.61. The van der Waals surface area contributed by atoms with Gasteiger partial charge >= 0.3 is 5.97 Å². The third kappa shape index (κ3) is 2.31. The molecule has 0 aliphatic carbocycles. The number of hydrogen-bond acceptors (Lipinski definition) is 3. The number of alkyl halides is 1. The van der Waals surface area contributed by atoms with Gasteiger partial charge in [0.1, 0.15) is 6.07 Å². The zero-order chi connectivity index (χ0) is 11.4. The van der Waals surface area contributed by atoms with Crippen molar-refractivity contribution in [2.75, 3.05) is 7.11 Å². The molecular weight excluding hydrogens is 281 g/mol. The lowest BCUT2D eigenvalue weighted by Gasteiger charge is -2.08. The lowest BCUT2D eigenvalue weighted by Crippen LogP contribution is -2.08. The molecule has 0 saturated heterocycles. The summed E-state index contributed by atoms with van der Waals surface area (Å²) in [7, 11) is 1.27. The van der Waals surface area contributed by atoms with Gasteiger partial charge in [0.25, 0.3) is 0 Å². The topological polar surface area (TPSA) is 50.1 Å². The van der Waals surface area contributed by atoms with Gasteiger partial charge in [0, 0.05) is 5.33 Å². The van der Waals surface area contributed by atoms with E-state index in [0.29, 0.717) is 10.9 Å². The molecule has 0 radical (unpaired) electrons. The van der Waals surface area contributed by atoms with E-state index in [-0.39, 0.29) is 16.1 Å². The lowest BCUT2D eigenvalue weighted by atomic mass is 10.0. The van der Waals surface area contributed by atoms with Crippen LogP contribution in [0.15, 0.2) is 12.1 Å². The van der Waals surface area contributed by atoms with Gasteiger partial charge in [-0.15, -0.1) is 0 Å². The second-order valence-electron chi connectivity index (χ2n) is 2.69. The number of carbonyl (C=O) groups is 1. The molecule has 0 N–H and O–H groups in total. The van der Waals surface area contributed by atoms with Crippen molar-refractivity contribution in [3.05, 3.63) is 33.8 Å². The number of nitriles is 1. The summed E-state index contributed by atoms with van der Waals surface area (Å²) in [4.78, 5) is 11.5. The van der Waals surface area contributed by atoms with Gasteiger partial charge in [0.15, 0.2) is 0 Å². The van der Waals surface area contributed by atoms with Gasteiger partial charge in [0.05, 0.1) is 23.3 Å². The van der Waals surface area contributed by atoms with Gasteiger partial charge in [0.2, 0.25) is 0 Å². The van der Waals surface area contributed by atoms with Gasteiger partial charge in [-0.1, -0.05) is 33.6 Å². The number of benzene rings is 1. The molecule has 0 unspecified atom stereocenters. The highest BCUT2D eigenvalue weighted by molar-refractivity contribution is 9.08. The minimum atomic E-state index is -0.552. The molecule has 0 amide bonds. The largest absolute Gasteiger partial charge is 0.465 e. The maximum Gasteiger partial charge on any atom is 0.339 e. The molecule has 0 fully saturated rings. The van der Waals surface area contributed by atoms with Gasteiger partial charge < -0.3 is 4.74 Å². The summed E-state index contributed by atoms with van der Waals surface area (Å²) in [6.07, 6.45) is 0. The molecule has 0 spiro atoms. The van der Waals surface area contributed by atoms with Crippen molar-refractivity contribution < 1.29 is 9.53 Å².